The van der Waals surface area contributed by atoms with Gasteiger partial charge in [0, 0.05) is 71.2 Å². The van der Waals surface area contributed by atoms with Crippen LogP contribution in [0.5, 0.6) is 0 Å². The molecule has 0 saturated heterocycles. The number of primary amides is 1. The second kappa shape index (κ2) is 9.30. The molecule has 0 bridgehead atoms. The summed E-state index contributed by atoms with van der Waals surface area (Å²) < 4.78 is 3.72. The van der Waals surface area contributed by atoms with Crippen molar-refractivity contribution >= 4 is 41.2 Å². The normalized spacial score (nSPS) is 10.6. The highest BCUT2D eigenvalue weighted by molar-refractivity contribution is 5.96. The van der Waals surface area contributed by atoms with E-state index in [1.165, 1.54) is 60.9 Å². The van der Waals surface area contributed by atoms with E-state index in [9.17, 15) is 19.2 Å². The number of anilines is 3. The third-order valence-corrected chi connectivity index (χ3v) is 4.97. The average Bonchev–Trinajstić information content (AvgIpc) is 3.55. The van der Waals surface area contributed by atoms with Crippen LogP contribution >= 0.6 is 0 Å². The standard InChI is InChI=1S/C20H25N9O4/c1-24(8-7-17(22)30)18(31)27-9-4-14(12-27)25(2)19(32)28-10-5-15(13-28)26(3)20(33)29-11-6-16(21)23-29/h4-6,9-13H,7-8H2,1-3H3,(H2,21,23)(H2,22,30). The monoisotopic (exact) mass is 455 g/mol. The third kappa shape index (κ3) is 5.03. The van der Waals surface area contributed by atoms with Crippen LogP contribution in [-0.4, -0.2) is 75.5 Å². The summed E-state index contributed by atoms with van der Waals surface area (Å²) in [6.45, 7) is 0.181. The molecular formula is C20H25N9O4. The highest BCUT2D eigenvalue weighted by atomic mass is 16.2. The van der Waals surface area contributed by atoms with Crippen molar-refractivity contribution in [2.24, 2.45) is 5.73 Å². The van der Waals surface area contributed by atoms with Gasteiger partial charge in [-0.2, -0.15) is 4.68 Å². The first-order valence-corrected chi connectivity index (χ1v) is 9.85. The molecular weight excluding hydrogens is 430 g/mol. The molecule has 3 aromatic heterocycles. The van der Waals surface area contributed by atoms with E-state index in [1.807, 2.05) is 0 Å². The predicted molar refractivity (Wildman–Crippen MR) is 121 cm³/mol. The molecule has 174 valence electrons. The van der Waals surface area contributed by atoms with Crippen LogP contribution < -0.4 is 21.3 Å². The quantitative estimate of drug-likeness (QED) is 0.585. The lowest BCUT2D eigenvalue weighted by molar-refractivity contribution is -0.118. The van der Waals surface area contributed by atoms with E-state index >= 15 is 0 Å². The summed E-state index contributed by atoms with van der Waals surface area (Å²) in [5.41, 5.74) is 11.6. The minimum Gasteiger partial charge on any atom is -0.382 e. The predicted octanol–water partition coefficient (Wildman–Crippen LogP) is 1.05. The molecule has 4 N–H and O–H groups in total. The Morgan fingerprint density at radius 2 is 1.39 bits per heavy atom. The van der Waals surface area contributed by atoms with Crippen LogP contribution in [0, 0.1) is 0 Å². The van der Waals surface area contributed by atoms with Crippen molar-refractivity contribution in [2.75, 3.05) is 43.2 Å². The zero-order chi connectivity index (χ0) is 24.3. The van der Waals surface area contributed by atoms with Gasteiger partial charge in [-0.05, 0) is 12.1 Å². The Morgan fingerprint density at radius 3 is 1.91 bits per heavy atom. The smallest absolute Gasteiger partial charge is 0.348 e. The molecule has 0 fully saturated rings. The van der Waals surface area contributed by atoms with E-state index in [-0.39, 0.29) is 24.8 Å². The summed E-state index contributed by atoms with van der Waals surface area (Å²) >= 11 is 0. The highest BCUT2D eigenvalue weighted by Gasteiger charge is 2.20. The number of hydrogen-bond acceptors (Lipinski definition) is 6. The number of rotatable bonds is 5. The fourth-order valence-corrected chi connectivity index (χ4v) is 2.97. The Balaban J connectivity index is 1.68. The first-order chi connectivity index (χ1) is 15.6. The van der Waals surface area contributed by atoms with Gasteiger partial charge in [-0.25, -0.2) is 14.4 Å². The summed E-state index contributed by atoms with van der Waals surface area (Å²) in [4.78, 5) is 52.8. The molecule has 33 heavy (non-hydrogen) atoms. The summed E-state index contributed by atoms with van der Waals surface area (Å²) in [6, 6.07) is 3.51. The fourth-order valence-electron chi connectivity index (χ4n) is 2.97. The largest absolute Gasteiger partial charge is 0.382 e. The lowest BCUT2D eigenvalue weighted by Crippen LogP contribution is -2.33. The lowest BCUT2D eigenvalue weighted by atomic mass is 10.4. The number of hydrogen-bond donors (Lipinski definition) is 2. The lowest BCUT2D eigenvalue weighted by Gasteiger charge is -2.18. The van der Waals surface area contributed by atoms with Crippen LogP contribution in [0.25, 0.3) is 0 Å². The number of carbonyl (C=O) groups is 4. The van der Waals surface area contributed by atoms with Crippen molar-refractivity contribution in [1.29, 1.82) is 0 Å². The summed E-state index contributed by atoms with van der Waals surface area (Å²) in [5.74, 6) is -0.282. The van der Waals surface area contributed by atoms with E-state index < -0.39 is 18.0 Å². The van der Waals surface area contributed by atoms with Gasteiger partial charge in [0.25, 0.3) is 0 Å². The number of aromatic nitrogens is 4. The van der Waals surface area contributed by atoms with Crippen LogP contribution in [-0.2, 0) is 4.79 Å². The molecule has 3 rings (SSSR count). The van der Waals surface area contributed by atoms with Gasteiger partial charge in [0.15, 0.2) is 0 Å². The van der Waals surface area contributed by atoms with E-state index in [0.29, 0.717) is 11.4 Å². The zero-order valence-electron chi connectivity index (χ0n) is 18.5. The van der Waals surface area contributed by atoms with Crippen molar-refractivity contribution in [3.05, 3.63) is 49.2 Å². The molecule has 0 aliphatic heterocycles. The zero-order valence-corrected chi connectivity index (χ0v) is 18.5. The summed E-state index contributed by atoms with van der Waals surface area (Å²) in [7, 11) is 4.66. The first kappa shape index (κ1) is 23.1. The Labute approximate surface area is 189 Å². The maximum Gasteiger partial charge on any atom is 0.348 e. The molecule has 0 saturated carbocycles. The number of amides is 4. The molecule has 0 spiro atoms. The maximum absolute atomic E-state index is 12.9. The van der Waals surface area contributed by atoms with E-state index in [1.54, 1.807) is 33.3 Å². The van der Waals surface area contributed by atoms with Gasteiger partial charge in [-0.15, -0.1) is 5.10 Å². The van der Waals surface area contributed by atoms with Crippen molar-refractivity contribution < 1.29 is 19.2 Å². The van der Waals surface area contributed by atoms with Gasteiger partial charge >= 0.3 is 18.1 Å². The van der Waals surface area contributed by atoms with Gasteiger partial charge in [0.1, 0.15) is 5.82 Å². The van der Waals surface area contributed by atoms with Crippen molar-refractivity contribution in [3.63, 3.8) is 0 Å². The topological polar surface area (TPSA) is 158 Å². The third-order valence-electron chi connectivity index (χ3n) is 4.97. The van der Waals surface area contributed by atoms with Gasteiger partial charge in [-0.1, -0.05) is 0 Å². The molecule has 3 heterocycles. The Kier molecular flexibility index (Phi) is 6.51. The van der Waals surface area contributed by atoms with Crippen LogP contribution in [0.3, 0.4) is 0 Å². The van der Waals surface area contributed by atoms with Crippen LogP contribution in [0.2, 0.25) is 0 Å². The summed E-state index contributed by atoms with van der Waals surface area (Å²) in [5, 5.41) is 3.88. The minimum atomic E-state index is -0.500. The Hall–Kier alpha value is -4.55. The van der Waals surface area contributed by atoms with Crippen LogP contribution in [0.1, 0.15) is 6.42 Å². The van der Waals surface area contributed by atoms with Gasteiger partial charge in [0.2, 0.25) is 5.91 Å². The molecule has 0 radical (unpaired) electrons. The number of carbonyl (C=O) groups excluding carboxylic acids is 4. The second-order valence-electron chi connectivity index (χ2n) is 7.34. The SMILES string of the molecule is CN(CCC(N)=O)C(=O)n1ccc(N(C)C(=O)n2ccc(N(C)C(=O)n3ccc(N)n3)c2)c1. The molecule has 13 nitrogen and oxygen atoms in total. The fraction of sp³-hybridized carbons (Fsp3) is 0.250. The number of nitrogens with zero attached hydrogens (tertiary/aromatic N) is 7. The molecule has 3 aromatic rings. The average molecular weight is 455 g/mol. The van der Waals surface area contributed by atoms with E-state index in [0.717, 1.165) is 4.68 Å². The minimum absolute atomic E-state index is 0.0510. The van der Waals surface area contributed by atoms with Crippen molar-refractivity contribution in [3.8, 4) is 0 Å². The molecule has 13 heteroatoms. The first-order valence-electron chi connectivity index (χ1n) is 9.85. The Morgan fingerprint density at radius 1 is 0.848 bits per heavy atom. The van der Waals surface area contributed by atoms with Gasteiger partial charge in [0.05, 0.1) is 11.4 Å². The van der Waals surface area contributed by atoms with Gasteiger partial charge < -0.3 is 16.4 Å². The molecule has 0 aromatic carbocycles. The second-order valence-corrected chi connectivity index (χ2v) is 7.34. The van der Waals surface area contributed by atoms with Crippen LogP contribution in [0.15, 0.2) is 49.2 Å². The maximum atomic E-state index is 12.9. The number of nitrogen functional groups attached to an aromatic ring is 1. The van der Waals surface area contributed by atoms with Crippen molar-refractivity contribution in [1.82, 2.24) is 23.8 Å². The molecule has 0 aliphatic rings. The van der Waals surface area contributed by atoms with Crippen molar-refractivity contribution in [2.45, 2.75) is 6.42 Å². The van der Waals surface area contributed by atoms with E-state index in [4.69, 9.17) is 11.5 Å². The van der Waals surface area contributed by atoms with Crippen LogP contribution in [0.4, 0.5) is 31.6 Å². The number of nitrogens with two attached hydrogens (primary N) is 2. The molecule has 0 unspecified atom stereocenters. The summed E-state index contributed by atoms with van der Waals surface area (Å²) in [6.07, 6.45) is 7.55. The Bertz CT molecular complexity index is 1190. The van der Waals surface area contributed by atoms with E-state index in [2.05, 4.69) is 5.10 Å². The molecule has 4 amide bonds. The molecule has 0 atom stereocenters. The molecule has 0 aliphatic carbocycles. The van der Waals surface area contributed by atoms with Gasteiger partial charge in [-0.3, -0.25) is 23.7 Å². The highest BCUT2D eigenvalue weighted by Crippen LogP contribution is 2.19.